The molecule has 0 bridgehead atoms. The average Bonchev–Trinajstić information content (AvgIpc) is 3.23. The first kappa shape index (κ1) is 20.3. The number of oxazole rings is 1. The molecule has 0 saturated carbocycles. The number of aromatic nitrogens is 1. The lowest BCUT2D eigenvalue weighted by Crippen LogP contribution is -2.20. The molecular formula is C24H19F2N3O2. The second kappa shape index (κ2) is 8.39. The molecule has 4 rings (SSSR count). The molecule has 2 N–H and O–H groups in total. The lowest BCUT2D eigenvalue weighted by molar-refractivity contribution is 0.262. The summed E-state index contributed by atoms with van der Waals surface area (Å²) in [5.74, 6) is -0.920. The van der Waals surface area contributed by atoms with Crippen LogP contribution in [0.15, 0.2) is 71.3 Å². The average molecular weight is 419 g/mol. The quantitative estimate of drug-likeness (QED) is 0.394. The lowest BCUT2D eigenvalue weighted by Gasteiger charge is -2.09. The molecule has 0 spiro atoms. The van der Waals surface area contributed by atoms with E-state index in [0.717, 1.165) is 46.1 Å². The van der Waals surface area contributed by atoms with E-state index in [0.29, 0.717) is 11.6 Å². The standard InChI is InChI=1S/C24H19F2N3O2/c1-14-3-4-15(2)19(11-14)22-13-31-23(28-22)16-5-8-18(9-6-16)27-24(30)29-21-12-17(25)7-10-20(21)26/h3-13H,1-2H3,(H2,27,29,30). The largest absolute Gasteiger partial charge is 0.444 e. The Bertz CT molecular complexity index is 1250. The maximum atomic E-state index is 13.7. The summed E-state index contributed by atoms with van der Waals surface area (Å²) in [5.41, 5.74) is 4.96. The van der Waals surface area contributed by atoms with Crippen LogP contribution in [0.1, 0.15) is 11.1 Å². The van der Waals surface area contributed by atoms with Crippen molar-refractivity contribution in [1.29, 1.82) is 0 Å². The van der Waals surface area contributed by atoms with Gasteiger partial charge >= 0.3 is 6.03 Å². The minimum atomic E-state index is -0.726. The number of urea groups is 1. The van der Waals surface area contributed by atoms with Crippen molar-refractivity contribution in [2.24, 2.45) is 0 Å². The van der Waals surface area contributed by atoms with Crippen LogP contribution in [-0.2, 0) is 0 Å². The minimum Gasteiger partial charge on any atom is -0.444 e. The second-order valence-corrected chi connectivity index (χ2v) is 7.14. The van der Waals surface area contributed by atoms with Crippen LogP contribution in [0.25, 0.3) is 22.7 Å². The van der Waals surface area contributed by atoms with Gasteiger partial charge in [-0.15, -0.1) is 0 Å². The Morgan fingerprint density at radius 3 is 2.48 bits per heavy atom. The highest BCUT2D eigenvalue weighted by Gasteiger charge is 2.12. The van der Waals surface area contributed by atoms with Crippen molar-refractivity contribution in [1.82, 2.24) is 4.98 Å². The Balaban J connectivity index is 1.46. The molecule has 1 heterocycles. The smallest absolute Gasteiger partial charge is 0.323 e. The van der Waals surface area contributed by atoms with Crippen LogP contribution in [-0.4, -0.2) is 11.0 Å². The molecule has 2 amide bonds. The first-order valence-corrected chi connectivity index (χ1v) is 9.56. The SMILES string of the molecule is Cc1ccc(C)c(-c2coc(-c3ccc(NC(=O)Nc4cc(F)ccc4F)cc3)n2)c1. The number of halogens is 2. The second-order valence-electron chi connectivity index (χ2n) is 7.14. The number of aryl methyl sites for hydroxylation is 2. The van der Waals surface area contributed by atoms with Gasteiger partial charge in [0.2, 0.25) is 5.89 Å². The van der Waals surface area contributed by atoms with Crippen molar-refractivity contribution >= 4 is 17.4 Å². The van der Waals surface area contributed by atoms with Crippen molar-refractivity contribution in [3.8, 4) is 22.7 Å². The van der Waals surface area contributed by atoms with E-state index >= 15 is 0 Å². The van der Waals surface area contributed by atoms with Crippen molar-refractivity contribution in [3.05, 3.63) is 89.7 Å². The summed E-state index contributed by atoms with van der Waals surface area (Å²) >= 11 is 0. The van der Waals surface area contributed by atoms with Crippen LogP contribution < -0.4 is 10.6 Å². The number of benzene rings is 3. The van der Waals surface area contributed by atoms with Crippen LogP contribution in [0, 0.1) is 25.5 Å². The van der Waals surface area contributed by atoms with Crippen molar-refractivity contribution < 1.29 is 18.0 Å². The third kappa shape index (κ3) is 4.61. The molecule has 0 atom stereocenters. The molecule has 0 unspecified atom stereocenters. The van der Waals surface area contributed by atoms with Crippen molar-refractivity contribution in [3.63, 3.8) is 0 Å². The zero-order valence-electron chi connectivity index (χ0n) is 16.9. The van der Waals surface area contributed by atoms with Crippen LogP contribution in [0.4, 0.5) is 25.0 Å². The highest BCUT2D eigenvalue weighted by Crippen LogP contribution is 2.28. The number of nitrogens with zero attached hydrogens (tertiary/aromatic N) is 1. The third-order valence-corrected chi connectivity index (χ3v) is 4.74. The maximum absolute atomic E-state index is 13.7. The van der Waals surface area contributed by atoms with Gasteiger partial charge in [0.15, 0.2) is 0 Å². The molecule has 1 aromatic heterocycles. The number of hydrogen-bond acceptors (Lipinski definition) is 3. The fraction of sp³-hybridized carbons (Fsp3) is 0.0833. The molecule has 7 heteroatoms. The van der Waals surface area contributed by atoms with Gasteiger partial charge in [0, 0.05) is 22.9 Å². The normalized spacial score (nSPS) is 10.7. The number of carbonyl (C=O) groups excluding carboxylic acids is 1. The van der Waals surface area contributed by atoms with E-state index in [4.69, 9.17) is 4.42 Å². The first-order chi connectivity index (χ1) is 14.9. The van der Waals surface area contributed by atoms with Crippen molar-refractivity contribution in [2.75, 3.05) is 10.6 Å². The zero-order valence-corrected chi connectivity index (χ0v) is 16.9. The van der Waals surface area contributed by atoms with E-state index in [-0.39, 0.29) is 5.69 Å². The molecule has 0 radical (unpaired) electrons. The Hall–Kier alpha value is -4.00. The highest BCUT2D eigenvalue weighted by atomic mass is 19.1. The van der Waals surface area contributed by atoms with Gasteiger partial charge in [-0.1, -0.05) is 17.7 Å². The van der Waals surface area contributed by atoms with E-state index in [9.17, 15) is 13.6 Å². The molecule has 156 valence electrons. The van der Waals surface area contributed by atoms with Gasteiger partial charge < -0.3 is 15.1 Å². The Kier molecular flexibility index (Phi) is 5.49. The van der Waals surface area contributed by atoms with Gasteiger partial charge in [0.05, 0.1) is 5.69 Å². The summed E-state index contributed by atoms with van der Waals surface area (Å²) in [7, 11) is 0. The molecule has 31 heavy (non-hydrogen) atoms. The topological polar surface area (TPSA) is 67.2 Å². The third-order valence-electron chi connectivity index (χ3n) is 4.74. The van der Waals surface area contributed by atoms with Gasteiger partial charge in [0.1, 0.15) is 23.6 Å². The van der Waals surface area contributed by atoms with Crippen LogP contribution >= 0.6 is 0 Å². The van der Waals surface area contributed by atoms with Gasteiger partial charge in [-0.05, 0) is 61.9 Å². The molecule has 0 saturated heterocycles. The summed E-state index contributed by atoms with van der Waals surface area (Å²) in [4.78, 5) is 16.7. The van der Waals surface area contributed by atoms with Gasteiger partial charge in [-0.2, -0.15) is 0 Å². The predicted octanol–water partition coefficient (Wildman–Crippen LogP) is 6.55. The summed E-state index contributed by atoms with van der Waals surface area (Å²) in [6, 6.07) is 15.1. The monoisotopic (exact) mass is 419 g/mol. The predicted molar refractivity (Wildman–Crippen MR) is 116 cm³/mol. The number of amides is 2. The van der Waals surface area contributed by atoms with Crippen LogP contribution in [0.5, 0.6) is 0 Å². The Morgan fingerprint density at radius 2 is 1.71 bits per heavy atom. The molecule has 5 nitrogen and oxygen atoms in total. The van der Waals surface area contributed by atoms with Crippen LogP contribution in [0.2, 0.25) is 0 Å². The summed E-state index contributed by atoms with van der Waals surface area (Å²) in [6.07, 6.45) is 1.62. The Labute approximate surface area is 177 Å². The first-order valence-electron chi connectivity index (χ1n) is 9.56. The maximum Gasteiger partial charge on any atom is 0.323 e. The number of carbonyl (C=O) groups is 1. The summed E-state index contributed by atoms with van der Waals surface area (Å²) in [6.45, 7) is 4.04. The number of hydrogen-bond donors (Lipinski definition) is 2. The molecule has 3 aromatic carbocycles. The van der Waals surface area contributed by atoms with Crippen LogP contribution in [0.3, 0.4) is 0 Å². The fourth-order valence-corrected chi connectivity index (χ4v) is 3.12. The zero-order chi connectivity index (χ0) is 22.0. The van der Waals surface area contributed by atoms with E-state index in [1.54, 1.807) is 30.5 Å². The van der Waals surface area contributed by atoms with Gasteiger partial charge in [0.25, 0.3) is 0 Å². The molecule has 0 fully saturated rings. The Morgan fingerprint density at radius 1 is 0.935 bits per heavy atom. The van der Waals surface area contributed by atoms with E-state index in [1.165, 1.54) is 0 Å². The summed E-state index contributed by atoms with van der Waals surface area (Å²) < 4.78 is 32.5. The molecule has 0 aliphatic heterocycles. The number of anilines is 2. The van der Waals surface area contributed by atoms with E-state index < -0.39 is 17.7 Å². The lowest BCUT2D eigenvalue weighted by atomic mass is 10.0. The number of rotatable bonds is 4. The van der Waals surface area contributed by atoms with E-state index in [2.05, 4.69) is 21.7 Å². The molecular weight excluding hydrogens is 400 g/mol. The molecule has 0 aliphatic rings. The van der Waals surface area contributed by atoms with Gasteiger partial charge in [-0.25, -0.2) is 18.6 Å². The number of nitrogens with one attached hydrogen (secondary N) is 2. The molecule has 4 aromatic rings. The minimum absolute atomic E-state index is 0.243. The van der Waals surface area contributed by atoms with Crippen molar-refractivity contribution in [2.45, 2.75) is 13.8 Å². The van der Waals surface area contributed by atoms with Gasteiger partial charge in [-0.3, -0.25) is 0 Å². The molecule has 0 aliphatic carbocycles. The van der Waals surface area contributed by atoms with E-state index in [1.807, 2.05) is 26.0 Å². The summed E-state index contributed by atoms with van der Waals surface area (Å²) in [5, 5.41) is 4.85. The fourth-order valence-electron chi connectivity index (χ4n) is 3.12. The highest BCUT2D eigenvalue weighted by molar-refractivity contribution is 5.99.